The smallest absolute Gasteiger partial charge is 0.408 e. The first-order chi connectivity index (χ1) is 12.1. The van der Waals surface area contributed by atoms with Crippen LogP contribution < -0.4 is 5.32 Å². The van der Waals surface area contributed by atoms with E-state index in [1.807, 2.05) is 0 Å². The van der Waals surface area contributed by atoms with Crippen LogP contribution in [0.3, 0.4) is 0 Å². The quantitative estimate of drug-likeness (QED) is 0.347. The largest absolute Gasteiger partial charge is 0.444 e. The first kappa shape index (κ1) is 21.0. The van der Waals surface area contributed by atoms with Gasteiger partial charge in [0.2, 0.25) is 5.91 Å². The second-order valence-corrected chi connectivity index (χ2v) is 6.57. The van der Waals surface area contributed by atoms with Crippen LogP contribution in [0.15, 0.2) is 29.4 Å². The van der Waals surface area contributed by atoms with Gasteiger partial charge in [0.05, 0.1) is 6.54 Å². The molecule has 9 heteroatoms. The highest BCUT2D eigenvalue weighted by Gasteiger charge is 2.18. The molecule has 0 saturated carbocycles. The third-order valence-electron chi connectivity index (χ3n) is 3.21. The lowest BCUT2D eigenvalue weighted by atomic mass is 10.0. The lowest BCUT2D eigenvalue weighted by Gasteiger charge is -2.21. The van der Waals surface area contributed by atoms with Gasteiger partial charge in [0.15, 0.2) is 5.78 Å². The Balaban J connectivity index is 2.68. The van der Waals surface area contributed by atoms with Gasteiger partial charge in [-0.1, -0.05) is 29.4 Å². The number of alkyl carbamates (subject to hydrolysis) is 1. The van der Waals surface area contributed by atoms with Crippen LogP contribution in [0.1, 0.15) is 36.7 Å². The molecule has 9 nitrogen and oxygen atoms in total. The van der Waals surface area contributed by atoms with E-state index < -0.39 is 11.7 Å². The number of likely N-dealkylation sites (N-methyl/N-ethyl adjacent to an activating group) is 1. The zero-order chi connectivity index (χ0) is 19.7. The van der Waals surface area contributed by atoms with Crippen LogP contribution in [0.4, 0.5) is 4.79 Å². The number of ether oxygens (including phenoxy) is 1. The highest BCUT2D eigenvalue weighted by molar-refractivity contribution is 5.99. The van der Waals surface area contributed by atoms with Gasteiger partial charge in [0.1, 0.15) is 12.1 Å². The van der Waals surface area contributed by atoms with Crippen LogP contribution in [-0.4, -0.2) is 48.4 Å². The summed E-state index contributed by atoms with van der Waals surface area (Å²) in [4.78, 5) is 39.8. The molecule has 0 saturated heterocycles. The predicted molar refractivity (Wildman–Crippen MR) is 95.5 cm³/mol. The van der Waals surface area contributed by atoms with Gasteiger partial charge in [-0.3, -0.25) is 9.59 Å². The van der Waals surface area contributed by atoms with E-state index in [1.54, 1.807) is 52.1 Å². The van der Waals surface area contributed by atoms with Crippen LogP contribution in [-0.2, 0) is 16.1 Å². The Kier molecular flexibility index (Phi) is 7.61. The molecule has 0 spiro atoms. The number of hydrogen-bond donors (Lipinski definition) is 1. The SMILES string of the molecule is CN(Cc1ccccc1C(=O)CN=[N+]=[N-])C(=O)CNC(=O)OC(C)(C)C. The summed E-state index contributed by atoms with van der Waals surface area (Å²) in [6.07, 6.45) is -0.677. The molecule has 0 atom stereocenters. The fourth-order valence-electron chi connectivity index (χ4n) is 2.05. The summed E-state index contributed by atoms with van der Waals surface area (Å²) in [5.74, 6) is -0.667. The molecule has 1 N–H and O–H groups in total. The van der Waals surface area contributed by atoms with Crippen molar-refractivity contribution >= 4 is 17.8 Å². The van der Waals surface area contributed by atoms with Crippen molar-refractivity contribution in [3.05, 3.63) is 45.8 Å². The fourth-order valence-corrected chi connectivity index (χ4v) is 2.05. The molecule has 0 aliphatic heterocycles. The van der Waals surface area contributed by atoms with Crippen LogP contribution in [0, 0.1) is 0 Å². The first-order valence-corrected chi connectivity index (χ1v) is 7.97. The van der Waals surface area contributed by atoms with Crippen LogP contribution in [0.2, 0.25) is 0 Å². The minimum atomic E-state index is -0.677. The van der Waals surface area contributed by atoms with Gasteiger partial charge in [0, 0.05) is 24.1 Å². The van der Waals surface area contributed by atoms with Crippen molar-refractivity contribution in [3.63, 3.8) is 0 Å². The van der Waals surface area contributed by atoms with E-state index >= 15 is 0 Å². The van der Waals surface area contributed by atoms with Gasteiger partial charge < -0.3 is 15.0 Å². The zero-order valence-electron chi connectivity index (χ0n) is 15.4. The van der Waals surface area contributed by atoms with Crippen molar-refractivity contribution < 1.29 is 19.1 Å². The van der Waals surface area contributed by atoms with Gasteiger partial charge in [-0.25, -0.2) is 4.79 Å². The second-order valence-electron chi connectivity index (χ2n) is 6.57. The average Bonchev–Trinajstić information content (AvgIpc) is 2.56. The summed E-state index contributed by atoms with van der Waals surface area (Å²) in [6, 6.07) is 6.77. The minimum Gasteiger partial charge on any atom is -0.444 e. The van der Waals surface area contributed by atoms with Gasteiger partial charge in [-0.2, -0.15) is 0 Å². The Morgan fingerprint density at radius 2 is 1.92 bits per heavy atom. The van der Waals surface area contributed by atoms with Crippen LogP contribution >= 0.6 is 0 Å². The number of carbonyl (C=O) groups is 3. The van der Waals surface area contributed by atoms with Crippen LogP contribution in [0.5, 0.6) is 0 Å². The summed E-state index contributed by atoms with van der Waals surface area (Å²) in [7, 11) is 1.56. The number of rotatable bonds is 7. The van der Waals surface area contributed by atoms with Crippen molar-refractivity contribution in [2.45, 2.75) is 32.9 Å². The minimum absolute atomic E-state index is 0.174. The Labute approximate surface area is 151 Å². The number of carbonyl (C=O) groups excluding carboxylic acids is 3. The second kappa shape index (κ2) is 9.43. The van der Waals surface area contributed by atoms with E-state index in [0.717, 1.165) is 0 Å². The van der Waals surface area contributed by atoms with E-state index in [0.29, 0.717) is 11.1 Å². The molecule has 0 aromatic heterocycles. The summed E-state index contributed by atoms with van der Waals surface area (Å²) in [5, 5.41) is 5.67. The maximum atomic E-state index is 12.2. The molecular formula is C17H23N5O4. The molecule has 0 aliphatic rings. The van der Waals surface area contributed by atoms with E-state index in [2.05, 4.69) is 15.3 Å². The molecule has 140 valence electrons. The molecular weight excluding hydrogens is 338 g/mol. The van der Waals surface area contributed by atoms with Crippen molar-refractivity contribution in [2.75, 3.05) is 20.1 Å². The lowest BCUT2D eigenvalue weighted by Crippen LogP contribution is -2.40. The number of Topliss-reactive ketones (excluding diaryl/α,β-unsaturated/α-hetero) is 1. The molecule has 2 amide bonds. The number of nitrogens with zero attached hydrogens (tertiary/aromatic N) is 4. The summed E-state index contributed by atoms with van der Waals surface area (Å²) in [5.41, 5.74) is 8.70. The monoisotopic (exact) mass is 361 g/mol. The van der Waals surface area contributed by atoms with Gasteiger partial charge in [-0.15, -0.1) is 0 Å². The molecule has 0 heterocycles. The molecule has 1 rings (SSSR count). The number of azide groups is 1. The summed E-state index contributed by atoms with van der Waals surface area (Å²) in [6.45, 7) is 4.85. The highest BCUT2D eigenvalue weighted by Crippen LogP contribution is 2.12. The molecule has 0 bridgehead atoms. The third kappa shape index (κ3) is 7.23. The van der Waals surface area contributed by atoms with Gasteiger partial charge in [0.25, 0.3) is 0 Å². The topological polar surface area (TPSA) is 124 Å². The lowest BCUT2D eigenvalue weighted by molar-refractivity contribution is -0.129. The average molecular weight is 361 g/mol. The maximum absolute atomic E-state index is 12.2. The third-order valence-corrected chi connectivity index (χ3v) is 3.21. The molecule has 0 aliphatic carbocycles. The van der Waals surface area contributed by atoms with E-state index in [4.69, 9.17) is 10.3 Å². The molecule has 0 unspecified atom stereocenters. The van der Waals surface area contributed by atoms with Crippen molar-refractivity contribution in [1.29, 1.82) is 0 Å². The Morgan fingerprint density at radius 1 is 1.27 bits per heavy atom. The Bertz CT molecular complexity index is 720. The van der Waals surface area contributed by atoms with E-state index in [1.165, 1.54) is 4.90 Å². The number of hydrogen-bond acceptors (Lipinski definition) is 5. The molecule has 0 radical (unpaired) electrons. The molecule has 0 fully saturated rings. The van der Waals surface area contributed by atoms with Gasteiger partial charge >= 0.3 is 6.09 Å². The normalized spacial score (nSPS) is 10.5. The zero-order valence-corrected chi connectivity index (χ0v) is 15.4. The number of amides is 2. The standard InChI is InChI=1S/C17H23N5O4/c1-17(2,3)26-16(25)19-10-15(24)22(4)11-12-7-5-6-8-13(12)14(23)9-20-21-18/h5-8H,9-11H2,1-4H3,(H,19,25). The van der Waals surface area contributed by atoms with Gasteiger partial charge in [-0.05, 0) is 31.9 Å². The van der Waals surface area contributed by atoms with Crippen molar-refractivity contribution in [2.24, 2.45) is 5.11 Å². The van der Waals surface area contributed by atoms with E-state index in [-0.39, 0.29) is 31.3 Å². The van der Waals surface area contributed by atoms with Crippen molar-refractivity contribution in [3.8, 4) is 0 Å². The highest BCUT2D eigenvalue weighted by atomic mass is 16.6. The van der Waals surface area contributed by atoms with E-state index in [9.17, 15) is 14.4 Å². The summed E-state index contributed by atoms with van der Waals surface area (Å²) < 4.78 is 5.07. The number of benzene rings is 1. The Hall–Kier alpha value is -3.06. The van der Waals surface area contributed by atoms with Crippen LogP contribution in [0.25, 0.3) is 10.4 Å². The molecule has 26 heavy (non-hydrogen) atoms. The van der Waals surface area contributed by atoms with Crippen molar-refractivity contribution in [1.82, 2.24) is 10.2 Å². The maximum Gasteiger partial charge on any atom is 0.408 e. The summed E-state index contributed by atoms with van der Waals surface area (Å²) >= 11 is 0. The number of nitrogens with one attached hydrogen (secondary N) is 1. The fraction of sp³-hybridized carbons (Fsp3) is 0.471. The predicted octanol–water partition coefficient (Wildman–Crippen LogP) is 2.66. The first-order valence-electron chi connectivity index (χ1n) is 7.97. The molecule has 1 aromatic carbocycles. The Morgan fingerprint density at radius 3 is 2.54 bits per heavy atom. The molecule has 1 aromatic rings. The number of ketones is 1.